The van der Waals surface area contributed by atoms with Crippen molar-refractivity contribution in [2.45, 2.75) is 25.8 Å². The van der Waals surface area contributed by atoms with Crippen LogP contribution in [0.15, 0.2) is 73.1 Å². The van der Waals surface area contributed by atoms with Gasteiger partial charge in [0.1, 0.15) is 0 Å². The Kier molecular flexibility index (Phi) is 6.00. The maximum absolute atomic E-state index is 4.34. The van der Waals surface area contributed by atoms with Gasteiger partial charge in [-0.15, -0.1) is 0 Å². The van der Waals surface area contributed by atoms with Crippen LogP contribution < -0.4 is 10.2 Å². The van der Waals surface area contributed by atoms with E-state index in [-0.39, 0.29) is 0 Å². The van der Waals surface area contributed by atoms with Gasteiger partial charge in [0.05, 0.1) is 0 Å². The monoisotopic (exact) mass is 349 g/mol. The van der Waals surface area contributed by atoms with Gasteiger partial charge in [-0.1, -0.05) is 49.6 Å². The van der Waals surface area contributed by atoms with Crippen LogP contribution in [-0.2, 0) is 0 Å². The molecule has 0 aliphatic carbocycles. The summed E-state index contributed by atoms with van der Waals surface area (Å²) in [7, 11) is 2.09. The van der Waals surface area contributed by atoms with Crippen LogP contribution in [0.25, 0.3) is 0 Å². The molecule has 3 heterocycles. The highest BCUT2D eigenvalue weighted by Crippen LogP contribution is 2.29. The van der Waals surface area contributed by atoms with Crippen LogP contribution in [-0.4, -0.2) is 37.6 Å². The van der Waals surface area contributed by atoms with E-state index in [0.717, 1.165) is 23.7 Å². The quantitative estimate of drug-likeness (QED) is 0.742. The van der Waals surface area contributed by atoms with Gasteiger partial charge in [0.15, 0.2) is 0 Å². The van der Waals surface area contributed by atoms with Gasteiger partial charge in [0.2, 0.25) is 0 Å². The van der Waals surface area contributed by atoms with Crippen LogP contribution in [0.3, 0.4) is 0 Å². The predicted octanol–water partition coefficient (Wildman–Crippen LogP) is 4.25. The molecule has 1 unspecified atom stereocenters. The lowest BCUT2D eigenvalue weighted by Crippen LogP contribution is -2.55. The molecule has 0 amide bonds. The normalized spacial score (nSPS) is 25.3. The summed E-state index contributed by atoms with van der Waals surface area (Å²) in [6.45, 7) is 13.9. The third-order valence-corrected chi connectivity index (χ3v) is 5.60. The Morgan fingerprint density at radius 3 is 2.62 bits per heavy atom. The van der Waals surface area contributed by atoms with Crippen LogP contribution >= 0.6 is 0 Å². The van der Waals surface area contributed by atoms with Gasteiger partial charge < -0.3 is 15.1 Å². The topological polar surface area (TPSA) is 18.5 Å². The first-order valence-electron chi connectivity index (χ1n) is 9.56. The average molecular weight is 350 g/mol. The highest BCUT2D eigenvalue weighted by atomic mass is 15.2. The number of nitrogens with one attached hydrogen (secondary N) is 1. The average Bonchev–Trinajstić information content (AvgIpc) is 2.66. The number of hydrogen-bond donors (Lipinski definition) is 1. The second-order valence-corrected chi connectivity index (χ2v) is 7.44. The number of allylic oxidation sites excluding steroid dienone is 3. The molecule has 1 aromatic carbocycles. The third-order valence-electron chi connectivity index (χ3n) is 5.60. The molecule has 0 saturated carbocycles. The van der Waals surface area contributed by atoms with E-state index in [4.69, 9.17) is 0 Å². The predicted molar refractivity (Wildman–Crippen MR) is 112 cm³/mol. The molecule has 3 aliphatic rings. The van der Waals surface area contributed by atoms with Gasteiger partial charge in [-0.25, -0.2) is 0 Å². The van der Waals surface area contributed by atoms with Crippen molar-refractivity contribution in [3.05, 3.63) is 78.7 Å². The maximum Gasteiger partial charge on any atom is 0.0433 e. The maximum atomic E-state index is 4.34. The molecular weight excluding hydrogens is 318 g/mol. The SMILES string of the molecule is C=C/C=C\C(=C/N(C)c1ccccc1C)C(=C)NC1CN2CCC1CC2. The number of fused-ring (bicyclic) bond motifs is 3. The second kappa shape index (κ2) is 8.41. The first kappa shape index (κ1) is 18.5. The van der Waals surface area contributed by atoms with E-state index in [0.29, 0.717) is 6.04 Å². The Hall–Kier alpha value is -2.26. The Balaban J connectivity index is 1.76. The molecule has 0 aromatic heterocycles. The number of para-hydroxylation sites is 1. The fourth-order valence-corrected chi connectivity index (χ4v) is 4.07. The summed E-state index contributed by atoms with van der Waals surface area (Å²) in [6.07, 6.45) is 10.6. The molecule has 26 heavy (non-hydrogen) atoms. The fraction of sp³-hybridized carbons (Fsp3) is 0.391. The Morgan fingerprint density at radius 1 is 1.27 bits per heavy atom. The Labute approximate surface area is 158 Å². The minimum atomic E-state index is 0.509. The summed E-state index contributed by atoms with van der Waals surface area (Å²) in [5.74, 6) is 0.774. The summed E-state index contributed by atoms with van der Waals surface area (Å²) in [5.41, 5.74) is 4.54. The van der Waals surface area contributed by atoms with Gasteiger partial charge in [-0.05, 0) is 50.4 Å². The molecule has 4 rings (SSSR count). The van der Waals surface area contributed by atoms with Crippen molar-refractivity contribution in [1.82, 2.24) is 10.2 Å². The zero-order chi connectivity index (χ0) is 18.5. The van der Waals surface area contributed by atoms with E-state index in [9.17, 15) is 0 Å². The number of aryl methyl sites for hydroxylation is 1. The number of nitrogens with zero attached hydrogens (tertiary/aromatic N) is 2. The minimum Gasteiger partial charge on any atom is -0.381 e. The van der Waals surface area contributed by atoms with Gasteiger partial charge >= 0.3 is 0 Å². The molecule has 3 heteroatoms. The molecular formula is C23H31N3. The molecule has 1 aromatic rings. The summed E-state index contributed by atoms with van der Waals surface area (Å²) in [4.78, 5) is 4.73. The zero-order valence-electron chi connectivity index (χ0n) is 16.1. The van der Waals surface area contributed by atoms with E-state index in [2.05, 4.69) is 78.8 Å². The van der Waals surface area contributed by atoms with Crippen molar-refractivity contribution in [1.29, 1.82) is 0 Å². The Bertz CT molecular complexity index is 708. The third kappa shape index (κ3) is 4.28. The Morgan fingerprint density at radius 2 is 2.00 bits per heavy atom. The molecule has 138 valence electrons. The van der Waals surface area contributed by atoms with Crippen molar-refractivity contribution >= 4 is 5.69 Å². The van der Waals surface area contributed by atoms with Crippen molar-refractivity contribution in [3.8, 4) is 0 Å². The molecule has 1 N–H and O–H groups in total. The first-order valence-corrected chi connectivity index (χ1v) is 9.56. The lowest BCUT2D eigenvalue weighted by molar-refractivity contribution is 0.0777. The molecule has 3 saturated heterocycles. The summed E-state index contributed by atoms with van der Waals surface area (Å²) < 4.78 is 0. The second-order valence-electron chi connectivity index (χ2n) is 7.44. The molecule has 3 nitrogen and oxygen atoms in total. The summed E-state index contributed by atoms with van der Waals surface area (Å²) >= 11 is 0. The fourth-order valence-electron chi connectivity index (χ4n) is 4.07. The van der Waals surface area contributed by atoms with Crippen LogP contribution in [0.5, 0.6) is 0 Å². The lowest BCUT2D eigenvalue weighted by atomic mass is 9.84. The molecule has 3 aliphatic heterocycles. The standard InChI is InChI=1S/C23H31N3/c1-5-6-10-21(16-25(4)23-11-8-7-9-18(23)2)19(3)24-22-17-26-14-12-20(22)13-15-26/h5-11,16,20,22,24H,1,3,12-15,17H2,2,4H3/b10-6-,21-16+. The number of piperidine rings is 3. The smallest absolute Gasteiger partial charge is 0.0433 e. The van der Waals surface area contributed by atoms with Crippen LogP contribution in [0.4, 0.5) is 5.69 Å². The molecule has 2 bridgehead atoms. The number of hydrogen-bond acceptors (Lipinski definition) is 3. The van der Waals surface area contributed by atoms with Crippen molar-refractivity contribution < 1.29 is 0 Å². The number of rotatable bonds is 7. The van der Waals surface area contributed by atoms with E-state index in [1.165, 1.54) is 37.2 Å². The zero-order valence-corrected chi connectivity index (χ0v) is 16.1. The van der Waals surface area contributed by atoms with Gasteiger partial charge in [-0.2, -0.15) is 0 Å². The summed E-state index contributed by atoms with van der Waals surface area (Å²) in [6, 6.07) is 8.94. The summed E-state index contributed by atoms with van der Waals surface area (Å²) in [5, 5.41) is 3.71. The first-order chi connectivity index (χ1) is 12.6. The molecule has 3 fully saturated rings. The highest BCUT2D eigenvalue weighted by Gasteiger charge is 2.34. The van der Waals surface area contributed by atoms with E-state index < -0.39 is 0 Å². The van der Waals surface area contributed by atoms with Crippen molar-refractivity contribution in [3.63, 3.8) is 0 Å². The van der Waals surface area contributed by atoms with Crippen LogP contribution in [0, 0.1) is 12.8 Å². The van der Waals surface area contributed by atoms with E-state index in [1.54, 1.807) is 0 Å². The highest BCUT2D eigenvalue weighted by molar-refractivity contribution is 5.56. The number of benzene rings is 1. The van der Waals surface area contributed by atoms with Crippen molar-refractivity contribution in [2.75, 3.05) is 31.6 Å². The van der Waals surface area contributed by atoms with Crippen molar-refractivity contribution in [2.24, 2.45) is 5.92 Å². The van der Waals surface area contributed by atoms with Gasteiger partial charge in [0.25, 0.3) is 0 Å². The number of anilines is 1. The molecule has 0 radical (unpaired) electrons. The lowest BCUT2D eigenvalue weighted by Gasteiger charge is -2.45. The van der Waals surface area contributed by atoms with Gasteiger partial charge in [-0.3, -0.25) is 0 Å². The van der Waals surface area contributed by atoms with Crippen LogP contribution in [0.1, 0.15) is 18.4 Å². The minimum absolute atomic E-state index is 0.509. The van der Waals surface area contributed by atoms with Gasteiger partial charge in [0, 0.05) is 42.8 Å². The van der Waals surface area contributed by atoms with Crippen LogP contribution in [0.2, 0.25) is 0 Å². The molecule has 0 spiro atoms. The van der Waals surface area contributed by atoms with E-state index >= 15 is 0 Å². The van der Waals surface area contributed by atoms with E-state index in [1.807, 2.05) is 12.2 Å². The largest absolute Gasteiger partial charge is 0.381 e. The molecule has 1 atom stereocenters.